The zero-order valence-corrected chi connectivity index (χ0v) is 78.1. The molecular formula is C99H113FN18O17S4. The Morgan fingerprint density at radius 3 is 1.01 bits per heavy atom. The first kappa shape index (κ1) is 108. The van der Waals surface area contributed by atoms with Crippen LogP contribution in [0.3, 0.4) is 0 Å². The van der Waals surface area contributed by atoms with Crippen molar-refractivity contribution in [3.63, 3.8) is 0 Å². The van der Waals surface area contributed by atoms with Crippen molar-refractivity contribution in [2.45, 2.75) is 144 Å². The number of fused-ring (bicyclic) bond motifs is 4. The van der Waals surface area contributed by atoms with Gasteiger partial charge in [0.15, 0.2) is 0 Å². The van der Waals surface area contributed by atoms with Crippen molar-refractivity contribution < 1.29 is 81.3 Å². The molecule has 7 aromatic carbocycles. The predicted molar refractivity (Wildman–Crippen MR) is 536 cm³/mol. The van der Waals surface area contributed by atoms with Gasteiger partial charge in [0.25, 0.3) is 63.7 Å². The van der Waals surface area contributed by atoms with Crippen LogP contribution >= 0.6 is 0 Å². The quantitative estimate of drug-likeness (QED) is 0.0271. The Bertz CT molecular complexity index is 7060. The number of phenols is 1. The molecule has 4 aliphatic rings. The molecule has 0 radical (unpaired) electrons. The maximum Gasteiger partial charge on any atom is 0.259 e. The number of aromatic nitrogens is 6. The number of imidazole rings is 1. The van der Waals surface area contributed by atoms with Crippen molar-refractivity contribution >= 4 is 87.1 Å². The molecule has 0 unspecified atom stereocenters. The van der Waals surface area contributed by atoms with Gasteiger partial charge in [-0.2, -0.15) is 0 Å². The maximum absolute atomic E-state index is 13.6. The normalized spacial score (nSPS) is 14.2. The number of carbonyl (C=O) groups is 4. The summed E-state index contributed by atoms with van der Waals surface area (Å²) in [5.74, 6) is -0.0103. The second kappa shape index (κ2) is 43.9. The molecule has 4 amide bonds. The molecule has 16 rings (SSSR count). The molecule has 40 heteroatoms. The topological polar surface area (TPSA) is 533 Å². The molecule has 5 aromatic heterocycles. The first-order valence-electron chi connectivity index (χ1n) is 41.7. The molecular weight excluding hydrogens is 1860 g/mol. The summed E-state index contributed by atoms with van der Waals surface area (Å²) in [4.78, 5) is 73.1. The van der Waals surface area contributed by atoms with Crippen LogP contribution in [0.15, 0.2) is 249 Å². The third-order valence-corrected chi connectivity index (χ3v) is 25.3. The number of phenolic OH excluding ortho intramolecular Hbond substituents is 1. The molecule has 732 valence electrons. The van der Waals surface area contributed by atoms with Crippen LogP contribution in [-0.2, 0) is 63.1 Å². The molecule has 9 heterocycles. The zero-order valence-electron chi connectivity index (χ0n) is 74.9. The predicted octanol–water partition coefficient (Wildman–Crippen LogP) is 13.1. The highest BCUT2D eigenvalue weighted by atomic mass is 32.2. The molecule has 0 bridgehead atoms. The molecule has 4 aliphatic heterocycles. The van der Waals surface area contributed by atoms with Crippen molar-refractivity contribution in [3.05, 3.63) is 315 Å². The standard InChI is InChI=1S/C25H26N4O4S.C24H23FN4O4S.C24H24N4O5S.C22H24N6O4S.4CH4/c1-16-6-4-7-17(12-16)20-13-18(10-11-27-20)24(30)28-25(2,3)15-33-21-9-5-8-19-14-34(31,32)29-23(26)22(19)21;1-24(2,14-33-20-8-4-6-17-13-34(31,32)29-22(26)21(17)20)28-23(30)16-9-10-27-19(12-16)15-5-3-7-18(25)11-15;1-24(2,14-33-20-9-5-6-16-13-34(31,32)28-22(25)21(16)20)27-23(30)15-10-11-26-18(12-15)17-7-3-4-8-19(17)29;1-14-24-9-10-28(14)18-11-15(7-8-25-18)21(29)26-22(2,3)13-32-17-6-4-5-16-12-33(30,31)27-20(23)19(16)17;;;;/h4-13H,14-15H2,1-3H3,(H2,26,29)(H,28,30);3-12H,13-14H2,1-2H3,(H2,26,29)(H,28,30);3-12,29H,13-14H2,1-2H3,(H2,25,28)(H,27,30);4-11H,12-13H2,1-3H3,(H2,23,27)(H,26,29);4*1H4. The summed E-state index contributed by atoms with van der Waals surface area (Å²) in [7, 11) is -14.6. The minimum Gasteiger partial charge on any atom is -0.507 e. The molecule has 13 N–H and O–H groups in total. The molecule has 12 aromatic rings. The first-order chi connectivity index (χ1) is 63.6. The number of hydrogen-bond donors (Lipinski definition) is 9. The number of amides is 4. The number of sulfonamides is 4. The number of ether oxygens (including phenoxy) is 4. The van der Waals surface area contributed by atoms with E-state index in [1.165, 1.54) is 24.5 Å². The van der Waals surface area contributed by atoms with E-state index in [1.807, 2.05) is 65.8 Å². The van der Waals surface area contributed by atoms with Crippen molar-refractivity contribution in [2.75, 3.05) is 26.4 Å². The second-order valence-corrected chi connectivity index (χ2v) is 41.0. The average Bonchev–Trinajstić information content (AvgIpc) is 1.73. The van der Waals surface area contributed by atoms with Crippen LogP contribution in [0.1, 0.15) is 182 Å². The van der Waals surface area contributed by atoms with E-state index in [4.69, 9.17) is 41.9 Å². The SMILES string of the molecule is C.C.C.C.CC(C)(COc1cccc2c1C(N)=NS(=O)(=O)C2)NC(=O)c1ccnc(-c2cccc(F)c2)c1.CC(C)(COc1cccc2c1C(N)=NS(=O)(=O)C2)NC(=O)c1ccnc(-c2ccccc2O)c1.Cc1cccc(-c2cc(C(=O)NC(C)(C)COc3cccc4c3C(N)=NS(=O)(=O)C4)ccn2)c1.Cc1nccn1-c1cc(C(=O)NC(C)(C)COc2cccc3c2C(N)=NS(=O)(=O)C3)ccn1. The summed E-state index contributed by atoms with van der Waals surface area (Å²) < 4.78 is 148. The number of nitrogens with one attached hydrogen (secondary N) is 4. The van der Waals surface area contributed by atoms with Crippen molar-refractivity contribution in [2.24, 2.45) is 40.5 Å². The third-order valence-electron chi connectivity index (χ3n) is 20.7. The minimum absolute atomic E-state index is 0. The number of amidine groups is 4. The van der Waals surface area contributed by atoms with Crippen LogP contribution < -0.4 is 63.1 Å². The number of aromatic hydroxyl groups is 1. The van der Waals surface area contributed by atoms with Crippen molar-refractivity contribution in [1.82, 2.24) is 50.8 Å². The Labute approximate surface area is 808 Å². The largest absolute Gasteiger partial charge is 0.507 e. The van der Waals surface area contributed by atoms with Gasteiger partial charge in [-0.3, -0.25) is 38.7 Å². The molecule has 0 aliphatic carbocycles. The molecule has 0 atom stereocenters. The Hall–Kier alpha value is -15.2. The summed E-state index contributed by atoms with van der Waals surface area (Å²) in [6.07, 6.45) is 9.62. The summed E-state index contributed by atoms with van der Waals surface area (Å²) in [6.45, 7) is 18.8. The van der Waals surface area contributed by atoms with E-state index in [0.717, 1.165) is 17.0 Å². The zero-order chi connectivity index (χ0) is 97.3. The summed E-state index contributed by atoms with van der Waals surface area (Å²) in [5, 5.41) is 21.9. The van der Waals surface area contributed by atoms with Gasteiger partial charge in [-0.25, -0.2) is 48.0 Å². The highest BCUT2D eigenvalue weighted by Crippen LogP contribution is 2.36. The van der Waals surface area contributed by atoms with Crippen LogP contribution in [0.2, 0.25) is 0 Å². The Morgan fingerprint density at radius 2 is 0.683 bits per heavy atom. The highest BCUT2D eigenvalue weighted by Gasteiger charge is 2.34. The van der Waals surface area contributed by atoms with Gasteiger partial charge >= 0.3 is 0 Å². The molecule has 0 saturated heterocycles. The van der Waals surface area contributed by atoms with Crippen LogP contribution in [0, 0.1) is 19.7 Å². The molecule has 0 saturated carbocycles. The van der Waals surface area contributed by atoms with E-state index in [2.05, 4.69) is 63.8 Å². The van der Waals surface area contributed by atoms with Gasteiger partial charge in [-0.1, -0.05) is 126 Å². The molecule has 0 spiro atoms. The van der Waals surface area contributed by atoms with Gasteiger partial charge in [-0.05, 0) is 195 Å². The lowest BCUT2D eigenvalue weighted by Gasteiger charge is -2.27. The highest BCUT2D eigenvalue weighted by molar-refractivity contribution is 7.90. The van der Waals surface area contributed by atoms with Gasteiger partial charge in [0.2, 0.25) is 0 Å². The fourth-order valence-electron chi connectivity index (χ4n) is 14.5. The van der Waals surface area contributed by atoms with Gasteiger partial charge in [-0.15, -0.1) is 17.6 Å². The van der Waals surface area contributed by atoms with E-state index >= 15 is 0 Å². The van der Waals surface area contributed by atoms with E-state index in [0.29, 0.717) is 124 Å². The number of pyridine rings is 4. The number of nitrogens with zero attached hydrogens (tertiary/aromatic N) is 10. The average molecular weight is 1970 g/mol. The van der Waals surface area contributed by atoms with Gasteiger partial charge in [0.05, 0.1) is 84.5 Å². The van der Waals surface area contributed by atoms with Gasteiger partial charge in [0, 0.05) is 76.1 Å². The monoisotopic (exact) mass is 1970 g/mol. The van der Waals surface area contributed by atoms with Crippen LogP contribution in [0.4, 0.5) is 4.39 Å². The lowest BCUT2D eigenvalue weighted by Crippen LogP contribution is -2.48. The number of halogens is 1. The lowest BCUT2D eigenvalue weighted by atomic mass is 10.0. The number of rotatable bonds is 24. The Morgan fingerprint density at radius 1 is 0.374 bits per heavy atom. The number of aryl methyl sites for hydroxylation is 2. The molecule has 139 heavy (non-hydrogen) atoms. The Kier molecular flexibility index (Phi) is 33.9. The van der Waals surface area contributed by atoms with Crippen LogP contribution in [-0.4, -0.2) is 164 Å². The van der Waals surface area contributed by atoms with Crippen molar-refractivity contribution in [3.8, 4) is 68.3 Å². The molecule has 35 nitrogen and oxygen atoms in total. The summed E-state index contributed by atoms with van der Waals surface area (Å²) >= 11 is 0. The van der Waals surface area contributed by atoms with Gasteiger partial charge in [0.1, 0.15) is 96.0 Å². The number of carbonyl (C=O) groups excluding carboxylic acids is 4. The van der Waals surface area contributed by atoms with Crippen LogP contribution in [0.25, 0.3) is 39.6 Å². The number of nitrogens with two attached hydrogens (primary N) is 4. The lowest BCUT2D eigenvalue weighted by molar-refractivity contribution is 0.0872. The minimum atomic E-state index is -3.65. The smallest absolute Gasteiger partial charge is 0.259 e. The van der Waals surface area contributed by atoms with E-state index in [-0.39, 0.29) is 138 Å². The van der Waals surface area contributed by atoms with Crippen LogP contribution in [0.5, 0.6) is 28.7 Å². The first-order valence-corrected chi connectivity index (χ1v) is 48.2. The van der Waals surface area contributed by atoms with Crippen molar-refractivity contribution in [1.29, 1.82) is 0 Å². The Balaban J connectivity index is 0.000000205. The fraction of sp³-hybridized carbons (Fsp3) is 0.263. The summed E-state index contributed by atoms with van der Waals surface area (Å²) in [6, 6.07) is 54.0. The van der Waals surface area contributed by atoms with E-state index in [9.17, 15) is 62.3 Å². The number of para-hydroxylation sites is 1. The molecule has 0 fully saturated rings. The summed E-state index contributed by atoms with van der Waals surface area (Å²) in [5.41, 5.74) is 30.9. The second-order valence-electron chi connectivity index (χ2n) is 34.4. The number of benzene rings is 7. The maximum atomic E-state index is 13.6. The van der Waals surface area contributed by atoms with E-state index in [1.54, 1.807) is 215 Å². The van der Waals surface area contributed by atoms with Gasteiger partial charge < -0.3 is 68.3 Å². The van der Waals surface area contributed by atoms with E-state index < -0.39 is 62.2 Å². The third kappa shape index (κ3) is 27.8. The number of hydrogen-bond acceptors (Lipinski definition) is 26. The fourth-order valence-corrected chi connectivity index (χ4v) is 18.8.